The van der Waals surface area contributed by atoms with Crippen LogP contribution >= 0.6 is 11.6 Å². The number of amides is 2. The fourth-order valence-electron chi connectivity index (χ4n) is 4.02. The van der Waals surface area contributed by atoms with Crippen LogP contribution in [-0.4, -0.2) is 62.7 Å². The molecule has 1 atom stereocenters. The van der Waals surface area contributed by atoms with Gasteiger partial charge in [-0.05, 0) is 41.8 Å². The maximum Gasteiger partial charge on any atom is 0.304 e. The van der Waals surface area contributed by atoms with Crippen molar-refractivity contribution in [2.24, 2.45) is 0 Å². The molecule has 0 unspecified atom stereocenters. The van der Waals surface area contributed by atoms with Crippen LogP contribution in [-0.2, 0) is 32.8 Å². The molecule has 0 aliphatic rings. The number of benzene rings is 3. The number of nitrogens with zero attached hydrogens (tertiary/aromatic N) is 3. The zero-order valence-electron chi connectivity index (χ0n) is 22.5. The molecule has 0 bridgehead atoms. The van der Waals surface area contributed by atoms with Crippen LogP contribution in [0.25, 0.3) is 0 Å². The highest BCUT2D eigenvalue weighted by Crippen LogP contribution is 2.22. The predicted octanol–water partition coefficient (Wildman–Crippen LogP) is 4.12. The van der Waals surface area contributed by atoms with Gasteiger partial charge in [0.2, 0.25) is 11.8 Å². The topological polar surface area (TPSA) is 90.0 Å². The summed E-state index contributed by atoms with van der Waals surface area (Å²) in [5.74, 6) is -0.809. The van der Waals surface area contributed by atoms with Gasteiger partial charge >= 0.3 is 10.2 Å². The highest BCUT2D eigenvalue weighted by Gasteiger charge is 2.34. The van der Waals surface area contributed by atoms with Gasteiger partial charge < -0.3 is 10.2 Å². The molecule has 0 saturated heterocycles. The maximum atomic E-state index is 14.1. The largest absolute Gasteiger partial charge is 0.354 e. The van der Waals surface area contributed by atoms with Crippen molar-refractivity contribution < 1.29 is 18.0 Å². The zero-order valence-corrected chi connectivity index (χ0v) is 24.0. The molecule has 3 aromatic carbocycles. The first-order valence-electron chi connectivity index (χ1n) is 12.7. The van der Waals surface area contributed by atoms with Gasteiger partial charge in [-0.3, -0.25) is 9.59 Å². The molecular weight excluding hydrogens is 536 g/mol. The maximum absolute atomic E-state index is 14.1. The Labute approximate surface area is 236 Å². The minimum atomic E-state index is -4.02. The molecular formula is C29H35ClN4O4S. The van der Waals surface area contributed by atoms with Crippen LogP contribution < -0.4 is 9.62 Å². The van der Waals surface area contributed by atoms with Gasteiger partial charge in [0.25, 0.3) is 0 Å². The molecule has 0 fully saturated rings. The number of rotatable bonds is 13. The van der Waals surface area contributed by atoms with Crippen LogP contribution in [0.4, 0.5) is 5.69 Å². The number of carbonyl (C=O) groups excluding carboxylic acids is 2. The lowest BCUT2D eigenvalue weighted by atomic mass is 10.0. The van der Waals surface area contributed by atoms with E-state index in [1.54, 1.807) is 54.6 Å². The monoisotopic (exact) mass is 570 g/mol. The first kappa shape index (κ1) is 30.1. The highest BCUT2D eigenvalue weighted by atomic mass is 35.5. The molecule has 0 heterocycles. The summed E-state index contributed by atoms with van der Waals surface area (Å²) in [5.41, 5.74) is 1.99. The Morgan fingerprint density at radius 1 is 0.872 bits per heavy atom. The van der Waals surface area contributed by atoms with Crippen molar-refractivity contribution >= 4 is 39.3 Å². The molecule has 0 saturated carbocycles. The van der Waals surface area contributed by atoms with Crippen molar-refractivity contribution in [1.29, 1.82) is 0 Å². The van der Waals surface area contributed by atoms with E-state index in [1.165, 1.54) is 19.0 Å². The summed E-state index contributed by atoms with van der Waals surface area (Å²) < 4.78 is 28.7. The summed E-state index contributed by atoms with van der Waals surface area (Å²) in [4.78, 5) is 29.0. The molecule has 39 heavy (non-hydrogen) atoms. The summed E-state index contributed by atoms with van der Waals surface area (Å²) in [7, 11) is -1.19. The molecule has 0 spiro atoms. The minimum absolute atomic E-state index is 0.0949. The second-order valence-corrected chi connectivity index (χ2v) is 11.8. The molecule has 1 N–H and O–H groups in total. The summed E-state index contributed by atoms with van der Waals surface area (Å²) in [6.07, 6.45) is 0.999. The van der Waals surface area contributed by atoms with Crippen molar-refractivity contribution in [1.82, 2.24) is 14.5 Å². The first-order chi connectivity index (χ1) is 18.6. The third-order valence-corrected chi connectivity index (χ3v) is 8.22. The Morgan fingerprint density at radius 2 is 1.46 bits per heavy atom. The van der Waals surface area contributed by atoms with Crippen molar-refractivity contribution in [3.05, 3.63) is 101 Å². The standard InChI is InChI=1S/C29H35ClN4O4S/c1-4-19-31-29(36)27(20-23-11-7-5-8-12-23)33(21-24-15-17-25(30)18-16-24)28(35)22-34(39(37,38)32(2)3)26-13-9-6-10-14-26/h5-18,27H,4,19-22H2,1-3H3,(H,31,36)/t27-/m1/s1. The lowest BCUT2D eigenvalue weighted by Gasteiger charge is -2.34. The van der Waals surface area contributed by atoms with Gasteiger partial charge in [-0.1, -0.05) is 79.2 Å². The summed E-state index contributed by atoms with van der Waals surface area (Å²) >= 11 is 6.08. The van der Waals surface area contributed by atoms with Gasteiger partial charge in [-0.15, -0.1) is 0 Å². The second-order valence-electron chi connectivity index (χ2n) is 9.28. The predicted molar refractivity (Wildman–Crippen MR) is 156 cm³/mol. The fourth-order valence-corrected chi connectivity index (χ4v) is 5.20. The van der Waals surface area contributed by atoms with Crippen LogP contribution in [0.2, 0.25) is 5.02 Å². The molecule has 8 nitrogen and oxygen atoms in total. The minimum Gasteiger partial charge on any atom is -0.354 e. The molecule has 3 rings (SSSR count). The molecule has 3 aromatic rings. The first-order valence-corrected chi connectivity index (χ1v) is 14.5. The number of nitrogens with one attached hydrogen (secondary N) is 1. The van der Waals surface area contributed by atoms with E-state index >= 15 is 0 Å². The van der Waals surface area contributed by atoms with Crippen molar-refractivity contribution in [2.75, 3.05) is 31.5 Å². The summed E-state index contributed by atoms with van der Waals surface area (Å²) in [6, 6.07) is 24.0. The summed E-state index contributed by atoms with van der Waals surface area (Å²) in [6.45, 7) is 2.02. The average molecular weight is 571 g/mol. The molecule has 0 aliphatic heterocycles. The molecule has 0 radical (unpaired) electrons. The highest BCUT2D eigenvalue weighted by molar-refractivity contribution is 7.90. The third kappa shape index (κ3) is 8.29. The van der Waals surface area contributed by atoms with Gasteiger partial charge in [-0.25, -0.2) is 4.31 Å². The van der Waals surface area contributed by atoms with Crippen molar-refractivity contribution in [2.45, 2.75) is 32.4 Å². The SMILES string of the molecule is CCCNC(=O)[C@@H](Cc1ccccc1)N(Cc1ccc(Cl)cc1)C(=O)CN(c1ccccc1)S(=O)(=O)N(C)C. The van der Waals surface area contributed by atoms with Crippen LogP contribution in [0.5, 0.6) is 0 Å². The number of anilines is 1. The second kappa shape index (κ2) is 14.1. The van der Waals surface area contributed by atoms with Gasteiger partial charge in [0, 0.05) is 38.6 Å². The smallest absolute Gasteiger partial charge is 0.304 e. The number of para-hydroxylation sites is 1. The number of hydrogen-bond donors (Lipinski definition) is 1. The van der Waals surface area contributed by atoms with E-state index in [1.807, 2.05) is 37.3 Å². The summed E-state index contributed by atoms with van der Waals surface area (Å²) in [5, 5.41) is 3.47. The molecule has 10 heteroatoms. The molecule has 0 aromatic heterocycles. The van der Waals surface area contributed by atoms with E-state index in [9.17, 15) is 18.0 Å². The molecule has 0 aliphatic carbocycles. The molecule has 2 amide bonds. The van der Waals surface area contributed by atoms with Crippen LogP contribution in [0.15, 0.2) is 84.9 Å². The van der Waals surface area contributed by atoms with E-state index in [2.05, 4.69) is 5.32 Å². The van der Waals surface area contributed by atoms with E-state index in [-0.39, 0.29) is 18.9 Å². The van der Waals surface area contributed by atoms with Crippen LogP contribution in [0, 0.1) is 0 Å². The van der Waals surface area contributed by atoms with Gasteiger partial charge in [0.1, 0.15) is 12.6 Å². The number of halogens is 1. The third-order valence-electron chi connectivity index (χ3n) is 6.15. The van der Waals surface area contributed by atoms with Crippen molar-refractivity contribution in [3.63, 3.8) is 0 Å². The van der Waals surface area contributed by atoms with Crippen LogP contribution in [0.3, 0.4) is 0 Å². The van der Waals surface area contributed by atoms with E-state index in [0.29, 0.717) is 17.3 Å². The fraction of sp³-hybridized carbons (Fsp3) is 0.310. The van der Waals surface area contributed by atoms with Gasteiger partial charge in [-0.2, -0.15) is 12.7 Å². The quantitative estimate of drug-likeness (QED) is 0.335. The Kier molecular flexibility index (Phi) is 10.9. The van der Waals surface area contributed by atoms with E-state index < -0.39 is 28.7 Å². The van der Waals surface area contributed by atoms with Crippen molar-refractivity contribution in [3.8, 4) is 0 Å². The van der Waals surface area contributed by atoms with E-state index in [4.69, 9.17) is 11.6 Å². The average Bonchev–Trinajstić information content (AvgIpc) is 2.94. The lowest BCUT2D eigenvalue weighted by Crippen LogP contribution is -2.54. The molecule has 208 valence electrons. The number of carbonyl (C=O) groups is 2. The van der Waals surface area contributed by atoms with Crippen LogP contribution in [0.1, 0.15) is 24.5 Å². The van der Waals surface area contributed by atoms with Gasteiger partial charge in [0.15, 0.2) is 0 Å². The lowest BCUT2D eigenvalue weighted by molar-refractivity contribution is -0.140. The Hall–Kier alpha value is -3.40. The number of hydrogen-bond acceptors (Lipinski definition) is 4. The Balaban J connectivity index is 2.05. The van der Waals surface area contributed by atoms with Gasteiger partial charge in [0.05, 0.1) is 5.69 Å². The normalized spacial score (nSPS) is 12.1. The Morgan fingerprint density at radius 3 is 2.03 bits per heavy atom. The Bertz CT molecular complexity index is 1320. The zero-order chi connectivity index (χ0) is 28.4. The van der Waals surface area contributed by atoms with E-state index in [0.717, 1.165) is 26.2 Å².